The number of para-hydroxylation sites is 1. The lowest BCUT2D eigenvalue weighted by molar-refractivity contribution is 0.0985. The van der Waals surface area contributed by atoms with E-state index in [0.717, 1.165) is 29.3 Å². The van der Waals surface area contributed by atoms with Crippen LogP contribution in [0.15, 0.2) is 47.4 Å². The Morgan fingerprint density at radius 2 is 1.87 bits per heavy atom. The summed E-state index contributed by atoms with van der Waals surface area (Å²) < 4.78 is 11.1. The maximum absolute atomic E-state index is 13.0. The number of fused-ring (bicyclic) bond motifs is 2. The van der Waals surface area contributed by atoms with Crippen molar-refractivity contribution in [1.29, 1.82) is 0 Å². The Kier molecular flexibility index (Phi) is 3.87. The average molecular weight is 327 g/mol. The van der Waals surface area contributed by atoms with Crippen LogP contribution in [0.5, 0.6) is 11.5 Å². The highest BCUT2D eigenvalue weighted by molar-refractivity contribution is 7.99. The molecular formula is C18H17NO3S. The van der Waals surface area contributed by atoms with E-state index >= 15 is 0 Å². The Balaban J connectivity index is 1.69. The van der Waals surface area contributed by atoms with Crippen LogP contribution < -0.4 is 14.4 Å². The van der Waals surface area contributed by atoms with E-state index in [4.69, 9.17) is 9.47 Å². The molecule has 2 heterocycles. The molecule has 0 unspecified atom stereocenters. The minimum atomic E-state index is 0.0110. The van der Waals surface area contributed by atoms with Crippen LogP contribution in [-0.4, -0.2) is 31.4 Å². The third kappa shape index (κ3) is 2.77. The van der Waals surface area contributed by atoms with E-state index in [0.29, 0.717) is 30.3 Å². The lowest BCUT2D eigenvalue weighted by atomic mass is 10.1. The van der Waals surface area contributed by atoms with Gasteiger partial charge in [0, 0.05) is 17.0 Å². The molecule has 0 radical (unpaired) electrons. The zero-order chi connectivity index (χ0) is 15.6. The van der Waals surface area contributed by atoms with Crippen molar-refractivity contribution in [2.45, 2.75) is 11.3 Å². The molecule has 0 N–H and O–H groups in total. The lowest BCUT2D eigenvalue weighted by Crippen LogP contribution is -2.32. The van der Waals surface area contributed by atoms with Gasteiger partial charge >= 0.3 is 0 Å². The topological polar surface area (TPSA) is 38.8 Å². The molecule has 2 aromatic rings. The van der Waals surface area contributed by atoms with E-state index in [1.807, 2.05) is 47.0 Å². The zero-order valence-electron chi connectivity index (χ0n) is 12.7. The number of ether oxygens (including phenoxy) is 2. The summed E-state index contributed by atoms with van der Waals surface area (Å²) in [7, 11) is 0. The summed E-state index contributed by atoms with van der Waals surface area (Å²) in [5.41, 5.74) is 1.63. The number of thioether (sulfide) groups is 1. The molecule has 0 aromatic heterocycles. The molecule has 1 amide bonds. The SMILES string of the molecule is O=C(c1ccc2c(c1)OCCO2)N1CCCSc2ccccc21. The number of carbonyl (C=O) groups excluding carboxylic acids is 1. The number of hydrogen-bond donors (Lipinski definition) is 0. The van der Waals surface area contributed by atoms with Crippen molar-refractivity contribution in [2.24, 2.45) is 0 Å². The van der Waals surface area contributed by atoms with Crippen LogP contribution in [0.25, 0.3) is 0 Å². The van der Waals surface area contributed by atoms with Crippen molar-refractivity contribution in [3.63, 3.8) is 0 Å². The van der Waals surface area contributed by atoms with Gasteiger partial charge in [0.1, 0.15) is 13.2 Å². The molecule has 0 spiro atoms. The Labute approximate surface area is 139 Å². The number of benzene rings is 2. The van der Waals surface area contributed by atoms with Crippen molar-refractivity contribution in [2.75, 3.05) is 30.4 Å². The number of carbonyl (C=O) groups is 1. The van der Waals surface area contributed by atoms with E-state index in [1.165, 1.54) is 0 Å². The van der Waals surface area contributed by atoms with Crippen LogP contribution in [0.3, 0.4) is 0 Å². The van der Waals surface area contributed by atoms with Crippen LogP contribution in [0.1, 0.15) is 16.8 Å². The van der Waals surface area contributed by atoms with Crippen LogP contribution in [-0.2, 0) is 0 Å². The number of amides is 1. The van der Waals surface area contributed by atoms with Crippen LogP contribution in [0.2, 0.25) is 0 Å². The largest absolute Gasteiger partial charge is 0.486 e. The molecular weight excluding hydrogens is 310 g/mol. The van der Waals surface area contributed by atoms with Gasteiger partial charge in [0.05, 0.1) is 5.69 Å². The van der Waals surface area contributed by atoms with Gasteiger partial charge in [0.15, 0.2) is 11.5 Å². The summed E-state index contributed by atoms with van der Waals surface area (Å²) in [6.07, 6.45) is 0.982. The third-order valence-electron chi connectivity index (χ3n) is 3.97. The smallest absolute Gasteiger partial charge is 0.258 e. The summed E-state index contributed by atoms with van der Waals surface area (Å²) in [5, 5.41) is 0. The molecule has 2 aliphatic heterocycles. The highest BCUT2D eigenvalue weighted by Gasteiger charge is 2.24. The minimum Gasteiger partial charge on any atom is -0.486 e. The molecule has 118 valence electrons. The van der Waals surface area contributed by atoms with Gasteiger partial charge in [-0.1, -0.05) is 12.1 Å². The molecule has 2 aromatic carbocycles. The van der Waals surface area contributed by atoms with Crippen molar-refractivity contribution in [1.82, 2.24) is 0 Å². The summed E-state index contributed by atoms with van der Waals surface area (Å²) in [6.45, 7) is 1.81. The maximum Gasteiger partial charge on any atom is 0.258 e. The average Bonchev–Trinajstić information content (AvgIpc) is 2.83. The van der Waals surface area contributed by atoms with E-state index in [9.17, 15) is 4.79 Å². The Morgan fingerprint density at radius 1 is 1.04 bits per heavy atom. The second-order valence-corrected chi connectivity index (χ2v) is 6.62. The highest BCUT2D eigenvalue weighted by Crippen LogP contribution is 2.36. The van der Waals surface area contributed by atoms with Crippen molar-refractivity contribution >= 4 is 23.4 Å². The first-order chi connectivity index (χ1) is 11.3. The normalized spacial score (nSPS) is 16.4. The molecule has 5 heteroatoms. The van der Waals surface area contributed by atoms with Crippen molar-refractivity contribution < 1.29 is 14.3 Å². The van der Waals surface area contributed by atoms with Gasteiger partial charge in [-0.05, 0) is 42.5 Å². The number of hydrogen-bond acceptors (Lipinski definition) is 4. The fourth-order valence-electron chi connectivity index (χ4n) is 2.87. The van der Waals surface area contributed by atoms with E-state index in [-0.39, 0.29) is 5.91 Å². The van der Waals surface area contributed by atoms with Crippen LogP contribution >= 0.6 is 11.8 Å². The van der Waals surface area contributed by atoms with Crippen LogP contribution in [0, 0.1) is 0 Å². The summed E-state index contributed by atoms with van der Waals surface area (Å²) in [6, 6.07) is 13.5. The third-order valence-corrected chi connectivity index (χ3v) is 5.12. The number of rotatable bonds is 1. The summed E-state index contributed by atoms with van der Waals surface area (Å²) in [4.78, 5) is 16.1. The molecule has 23 heavy (non-hydrogen) atoms. The maximum atomic E-state index is 13.0. The van der Waals surface area contributed by atoms with E-state index < -0.39 is 0 Å². The molecule has 2 aliphatic rings. The second kappa shape index (κ2) is 6.16. The Hall–Kier alpha value is -2.14. The van der Waals surface area contributed by atoms with Crippen LogP contribution in [0.4, 0.5) is 5.69 Å². The molecule has 0 saturated carbocycles. The van der Waals surface area contributed by atoms with Gasteiger partial charge in [-0.3, -0.25) is 4.79 Å². The number of nitrogens with zero attached hydrogens (tertiary/aromatic N) is 1. The zero-order valence-corrected chi connectivity index (χ0v) is 13.5. The standard InChI is InChI=1S/C18H17NO3S/c20-18(13-6-7-15-16(12-13)22-10-9-21-15)19-8-3-11-23-17-5-2-1-4-14(17)19/h1-2,4-7,12H,3,8-11H2. The highest BCUT2D eigenvalue weighted by atomic mass is 32.2. The molecule has 0 bridgehead atoms. The Morgan fingerprint density at radius 3 is 2.78 bits per heavy atom. The summed E-state index contributed by atoms with van der Waals surface area (Å²) >= 11 is 1.81. The molecule has 4 nitrogen and oxygen atoms in total. The van der Waals surface area contributed by atoms with Gasteiger partial charge in [-0.15, -0.1) is 11.8 Å². The first kappa shape index (κ1) is 14.5. The van der Waals surface area contributed by atoms with Gasteiger partial charge in [-0.2, -0.15) is 0 Å². The second-order valence-electron chi connectivity index (χ2n) is 5.48. The number of anilines is 1. The predicted octanol–water partition coefficient (Wildman–Crippen LogP) is 3.60. The first-order valence-electron chi connectivity index (χ1n) is 7.76. The molecule has 0 saturated heterocycles. The van der Waals surface area contributed by atoms with E-state index in [2.05, 4.69) is 6.07 Å². The molecule has 0 atom stereocenters. The quantitative estimate of drug-likeness (QED) is 0.802. The lowest BCUT2D eigenvalue weighted by Gasteiger charge is -2.24. The van der Waals surface area contributed by atoms with Gasteiger partial charge in [-0.25, -0.2) is 0 Å². The fourth-order valence-corrected chi connectivity index (χ4v) is 3.86. The minimum absolute atomic E-state index is 0.0110. The van der Waals surface area contributed by atoms with Crippen molar-refractivity contribution in [3.8, 4) is 11.5 Å². The summed E-state index contributed by atoms with van der Waals surface area (Å²) in [5.74, 6) is 2.40. The van der Waals surface area contributed by atoms with Gasteiger partial charge < -0.3 is 14.4 Å². The van der Waals surface area contributed by atoms with E-state index in [1.54, 1.807) is 6.07 Å². The van der Waals surface area contributed by atoms with Gasteiger partial charge in [0.2, 0.25) is 0 Å². The monoisotopic (exact) mass is 327 g/mol. The first-order valence-corrected chi connectivity index (χ1v) is 8.75. The Bertz CT molecular complexity index is 747. The predicted molar refractivity (Wildman–Crippen MR) is 90.9 cm³/mol. The molecule has 0 fully saturated rings. The fraction of sp³-hybridized carbons (Fsp3) is 0.278. The molecule has 4 rings (SSSR count). The molecule has 0 aliphatic carbocycles. The van der Waals surface area contributed by atoms with Crippen molar-refractivity contribution in [3.05, 3.63) is 48.0 Å². The van der Waals surface area contributed by atoms with Gasteiger partial charge in [0.25, 0.3) is 5.91 Å².